The first-order valence-electron chi connectivity index (χ1n) is 5.84. The Labute approximate surface area is 106 Å². The fraction of sp³-hybridized carbons (Fsp3) is 0.308. The van der Waals surface area contributed by atoms with Gasteiger partial charge in [-0.1, -0.05) is 12.1 Å². The Bertz CT molecular complexity index is 509. The lowest BCUT2D eigenvalue weighted by Gasteiger charge is -2.16. The molecule has 1 aromatic carbocycles. The van der Waals surface area contributed by atoms with Crippen LogP contribution in [0.3, 0.4) is 0 Å². The molecule has 0 atom stereocenters. The molecule has 2 rings (SSSR count). The zero-order valence-electron chi connectivity index (χ0n) is 10.4. The molecule has 0 spiro atoms. The number of hydrogen-bond acceptors (Lipinski definition) is 3. The topological polar surface area (TPSA) is 47.1 Å². The number of hydrogen-bond donors (Lipinski definition) is 1. The van der Waals surface area contributed by atoms with E-state index in [1.165, 1.54) is 6.07 Å². The van der Waals surface area contributed by atoms with E-state index in [0.29, 0.717) is 12.2 Å². The SMILES string of the molecule is CN(CCn1cc(N)cn1)Cc1cccc(F)c1. The molecule has 2 N–H and O–H groups in total. The van der Waals surface area contributed by atoms with E-state index < -0.39 is 0 Å². The van der Waals surface area contributed by atoms with E-state index in [0.717, 1.165) is 18.7 Å². The molecular formula is C13H17FN4. The van der Waals surface area contributed by atoms with Gasteiger partial charge in [0, 0.05) is 19.3 Å². The van der Waals surface area contributed by atoms with Gasteiger partial charge in [-0.15, -0.1) is 0 Å². The monoisotopic (exact) mass is 248 g/mol. The van der Waals surface area contributed by atoms with Gasteiger partial charge < -0.3 is 10.6 Å². The quantitative estimate of drug-likeness (QED) is 0.876. The van der Waals surface area contributed by atoms with Crippen molar-refractivity contribution in [2.45, 2.75) is 13.1 Å². The van der Waals surface area contributed by atoms with Crippen LogP contribution in [0, 0.1) is 5.82 Å². The van der Waals surface area contributed by atoms with Crippen molar-refractivity contribution in [3.05, 3.63) is 48.0 Å². The molecule has 0 aliphatic carbocycles. The van der Waals surface area contributed by atoms with Gasteiger partial charge in [-0.2, -0.15) is 5.10 Å². The van der Waals surface area contributed by atoms with Crippen molar-refractivity contribution in [1.82, 2.24) is 14.7 Å². The molecule has 4 nitrogen and oxygen atoms in total. The predicted molar refractivity (Wildman–Crippen MR) is 69.4 cm³/mol. The maximum atomic E-state index is 13.0. The van der Waals surface area contributed by atoms with E-state index in [-0.39, 0.29) is 5.82 Å². The van der Waals surface area contributed by atoms with Gasteiger partial charge in [-0.3, -0.25) is 4.68 Å². The van der Waals surface area contributed by atoms with E-state index in [9.17, 15) is 4.39 Å². The summed E-state index contributed by atoms with van der Waals surface area (Å²) in [6.07, 6.45) is 3.43. The van der Waals surface area contributed by atoms with E-state index in [1.807, 2.05) is 13.1 Å². The molecule has 0 radical (unpaired) electrons. The first-order valence-corrected chi connectivity index (χ1v) is 5.84. The second-order valence-electron chi connectivity index (χ2n) is 4.40. The number of halogens is 1. The van der Waals surface area contributed by atoms with Gasteiger partial charge in [0.05, 0.1) is 18.4 Å². The molecule has 96 valence electrons. The molecule has 18 heavy (non-hydrogen) atoms. The van der Waals surface area contributed by atoms with Crippen LogP contribution in [0.5, 0.6) is 0 Å². The number of anilines is 1. The predicted octanol–water partition coefficient (Wildman–Crippen LogP) is 1.74. The second kappa shape index (κ2) is 5.64. The zero-order valence-corrected chi connectivity index (χ0v) is 10.4. The zero-order chi connectivity index (χ0) is 13.0. The number of nitrogens with two attached hydrogens (primary N) is 1. The third-order valence-electron chi connectivity index (χ3n) is 2.71. The minimum absolute atomic E-state index is 0.194. The number of aromatic nitrogens is 2. The van der Waals surface area contributed by atoms with Crippen LogP contribution < -0.4 is 5.73 Å². The Morgan fingerprint density at radius 2 is 2.28 bits per heavy atom. The smallest absolute Gasteiger partial charge is 0.123 e. The van der Waals surface area contributed by atoms with Crippen LogP contribution in [0.25, 0.3) is 0 Å². The van der Waals surface area contributed by atoms with Gasteiger partial charge >= 0.3 is 0 Å². The molecular weight excluding hydrogens is 231 g/mol. The summed E-state index contributed by atoms with van der Waals surface area (Å²) in [5.41, 5.74) is 7.23. The van der Waals surface area contributed by atoms with E-state index in [2.05, 4.69) is 10.00 Å². The van der Waals surface area contributed by atoms with E-state index in [4.69, 9.17) is 5.73 Å². The minimum atomic E-state index is -0.194. The summed E-state index contributed by atoms with van der Waals surface area (Å²) in [5, 5.41) is 4.11. The lowest BCUT2D eigenvalue weighted by molar-refractivity contribution is 0.305. The Hall–Kier alpha value is -1.88. The molecule has 1 aromatic heterocycles. The van der Waals surface area contributed by atoms with Crippen LogP contribution in [-0.2, 0) is 13.1 Å². The highest BCUT2D eigenvalue weighted by Crippen LogP contribution is 2.06. The van der Waals surface area contributed by atoms with E-state index >= 15 is 0 Å². The van der Waals surface area contributed by atoms with Crippen molar-refractivity contribution in [2.75, 3.05) is 19.3 Å². The highest BCUT2D eigenvalue weighted by molar-refractivity contribution is 5.30. The van der Waals surface area contributed by atoms with Gasteiger partial charge in [0.2, 0.25) is 0 Å². The van der Waals surface area contributed by atoms with Crippen molar-refractivity contribution < 1.29 is 4.39 Å². The highest BCUT2D eigenvalue weighted by atomic mass is 19.1. The average Bonchev–Trinajstić information content (AvgIpc) is 2.73. The number of likely N-dealkylation sites (N-methyl/N-ethyl adjacent to an activating group) is 1. The molecule has 5 heteroatoms. The third kappa shape index (κ3) is 3.56. The third-order valence-corrected chi connectivity index (χ3v) is 2.71. The Morgan fingerprint density at radius 1 is 1.44 bits per heavy atom. The Kier molecular flexibility index (Phi) is 3.94. The molecule has 1 heterocycles. The van der Waals surface area contributed by atoms with Crippen LogP contribution >= 0.6 is 0 Å². The summed E-state index contributed by atoms with van der Waals surface area (Å²) >= 11 is 0. The summed E-state index contributed by atoms with van der Waals surface area (Å²) in [6.45, 7) is 2.31. The van der Waals surface area contributed by atoms with Gasteiger partial charge in [0.15, 0.2) is 0 Å². The lowest BCUT2D eigenvalue weighted by Crippen LogP contribution is -2.23. The molecule has 0 unspecified atom stereocenters. The first kappa shape index (κ1) is 12.6. The molecule has 0 fully saturated rings. The fourth-order valence-electron chi connectivity index (χ4n) is 1.80. The standard InChI is InChI=1S/C13H17FN4/c1-17(5-6-18-10-13(15)8-16-18)9-11-3-2-4-12(14)7-11/h2-4,7-8,10H,5-6,9,15H2,1H3. The molecule has 0 bridgehead atoms. The van der Waals surface area contributed by atoms with Crippen molar-refractivity contribution in [3.8, 4) is 0 Å². The number of nitrogen functional groups attached to an aromatic ring is 1. The number of rotatable bonds is 5. The molecule has 0 saturated heterocycles. The summed E-state index contributed by atoms with van der Waals surface area (Å²) in [5.74, 6) is -0.194. The Morgan fingerprint density at radius 3 is 2.94 bits per heavy atom. The van der Waals surface area contributed by atoms with Crippen molar-refractivity contribution in [3.63, 3.8) is 0 Å². The molecule has 0 aliphatic heterocycles. The normalized spacial score (nSPS) is 11.1. The van der Waals surface area contributed by atoms with Crippen LogP contribution in [0.4, 0.5) is 10.1 Å². The summed E-state index contributed by atoms with van der Waals surface area (Å²) in [4.78, 5) is 2.12. The van der Waals surface area contributed by atoms with Gasteiger partial charge in [0.25, 0.3) is 0 Å². The van der Waals surface area contributed by atoms with Crippen molar-refractivity contribution in [2.24, 2.45) is 0 Å². The Balaban J connectivity index is 1.83. The maximum Gasteiger partial charge on any atom is 0.123 e. The second-order valence-corrected chi connectivity index (χ2v) is 4.40. The van der Waals surface area contributed by atoms with Gasteiger partial charge in [-0.25, -0.2) is 4.39 Å². The maximum absolute atomic E-state index is 13.0. The minimum Gasteiger partial charge on any atom is -0.396 e. The van der Waals surface area contributed by atoms with Crippen molar-refractivity contribution in [1.29, 1.82) is 0 Å². The molecule has 2 aromatic rings. The summed E-state index contributed by atoms with van der Waals surface area (Å²) in [7, 11) is 2.00. The van der Waals surface area contributed by atoms with Gasteiger partial charge in [-0.05, 0) is 24.7 Å². The van der Waals surface area contributed by atoms with Crippen molar-refractivity contribution >= 4 is 5.69 Å². The van der Waals surface area contributed by atoms with E-state index in [1.54, 1.807) is 29.2 Å². The molecule has 0 amide bonds. The first-order chi connectivity index (χ1) is 8.63. The largest absolute Gasteiger partial charge is 0.396 e. The van der Waals surface area contributed by atoms with Crippen LogP contribution in [0.15, 0.2) is 36.7 Å². The lowest BCUT2D eigenvalue weighted by atomic mass is 10.2. The number of benzene rings is 1. The fourth-order valence-corrected chi connectivity index (χ4v) is 1.80. The molecule has 0 saturated carbocycles. The summed E-state index contributed by atoms with van der Waals surface area (Å²) in [6, 6.07) is 6.66. The van der Waals surface area contributed by atoms with Crippen LogP contribution in [-0.4, -0.2) is 28.3 Å². The molecule has 0 aliphatic rings. The van der Waals surface area contributed by atoms with Crippen LogP contribution in [0.2, 0.25) is 0 Å². The van der Waals surface area contributed by atoms with Crippen LogP contribution in [0.1, 0.15) is 5.56 Å². The number of nitrogens with zero attached hydrogens (tertiary/aromatic N) is 3. The van der Waals surface area contributed by atoms with Gasteiger partial charge in [0.1, 0.15) is 5.82 Å². The average molecular weight is 248 g/mol. The summed E-state index contributed by atoms with van der Waals surface area (Å²) < 4.78 is 14.8. The highest BCUT2D eigenvalue weighted by Gasteiger charge is 2.02.